The molecule has 0 aromatic carbocycles. The van der Waals surface area contributed by atoms with Crippen LogP contribution in [0.2, 0.25) is 0 Å². The summed E-state index contributed by atoms with van der Waals surface area (Å²) in [6.07, 6.45) is 14.8. The van der Waals surface area contributed by atoms with Gasteiger partial charge in [-0.3, -0.25) is 4.90 Å². The van der Waals surface area contributed by atoms with E-state index in [2.05, 4.69) is 25.7 Å². The zero-order chi connectivity index (χ0) is 28.6. The average Bonchev–Trinajstić information content (AvgIpc) is 3.84. The van der Waals surface area contributed by atoms with Gasteiger partial charge in [-0.05, 0) is 136 Å². The molecule has 8 aliphatic rings. The highest BCUT2D eigenvalue weighted by atomic mass is 16.7. The minimum absolute atomic E-state index is 0.0526. The summed E-state index contributed by atoms with van der Waals surface area (Å²) in [5, 5.41) is 21.3. The monoisotopic (exact) mass is 571 g/mol. The summed E-state index contributed by atoms with van der Waals surface area (Å²) < 4.78 is 19.8. The standard InChI is InChI=1S/C35H57NO5/c1-31(2)27-11-9-22-24-18-26-23(8-10-25(40-26)30(37)32(3,4)38)33(24,5)14-15-34(22)20-35(27,34)13-12-28(31)41-29-19-36(16-17-39-29)21-6-7-21/h21-30,37-38H,6-20H2,1-5H3/t22?,23?,24?,25?,26?,27?,28-,29?,30-,33?,34-,35?/m0/s1. The van der Waals surface area contributed by atoms with Crippen molar-refractivity contribution in [1.82, 2.24) is 4.90 Å². The van der Waals surface area contributed by atoms with Gasteiger partial charge in [0.15, 0.2) is 6.29 Å². The van der Waals surface area contributed by atoms with Crippen molar-refractivity contribution in [1.29, 1.82) is 0 Å². The van der Waals surface area contributed by atoms with Gasteiger partial charge in [-0.25, -0.2) is 0 Å². The van der Waals surface area contributed by atoms with Crippen LogP contribution < -0.4 is 0 Å². The molecule has 6 aliphatic carbocycles. The van der Waals surface area contributed by atoms with E-state index in [0.717, 1.165) is 62.8 Å². The molecular weight excluding hydrogens is 514 g/mol. The number of rotatable bonds is 5. The number of aliphatic hydroxyl groups excluding tert-OH is 1. The second-order valence-electron chi connectivity index (χ2n) is 17.6. The minimum Gasteiger partial charge on any atom is -0.388 e. The molecule has 0 bridgehead atoms. The number of aliphatic hydroxyl groups is 2. The number of hydrogen-bond acceptors (Lipinski definition) is 6. The maximum atomic E-state index is 10.8. The van der Waals surface area contributed by atoms with E-state index in [1.165, 1.54) is 57.8 Å². The second kappa shape index (κ2) is 9.16. The summed E-state index contributed by atoms with van der Waals surface area (Å²) in [5.74, 6) is 2.93. The fourth-order valence-electron chi connectivity index (χ4n) is 12.9. The number of morpholine rings is 1. The molecule has 41 heavy (non-hydrogen) atoms. The Labute approximate surface area is 248 Å². The Kier molecular flexibility index (Phi) is 6.31. The van der Waals surface area contributed by atoms with Crippen LogP contribution in [0, 0.1) is 45.3 Å². The third-order valence-electron chi connectivity index (χ3n) is 15.1. The molecule has 2 aliphatic heterocycles. The summed E-state index contributed by atoms with van der Waals surface area (Å²) >= 11 is 0. The van der Waals surface area contributed by atoms with E-state index in [-0.39, 0.29) is 23.9 Å². The quantitative estimate of drug-likeness (QED) is 0.452. The van der Waals surface area contributed by atoms with Crippen molar-refractivity contribution in [3.8, 4) is 0 Å². The zero-order valence-corrected chi connectivity index (χ0v) is 26.4. The van der Waals surface area contributed by atoms with E-state index < -0.39 is 11.7 Å². The molecule has 9 unspecified atom stereocenters. The molecule has 8 fully saturated rings. The Morgan fingerprint density at radius 3 is 2.44 bits per heavy atom. The van der Waals surface area contributed by atoms with Gasteiger partial charge in [-0.1, -0.05) is 20.8 Å². The maximum absolute atomic E-state index is 10.8. The van der Waals surface area contributed by atoms with Gasteiger partial charge >= 0.3 is 0 Å². The lowest BCUT2D eigenvalue weighted by atomic mass is 9.46. The topological polar surface area (TPSA) is 71.4 Å². The molecule has 0 amide bonds. The van der Waals surface area contributed by atoms with Crippen molar-refractivity contribution in [2.45, 2.75) is 154 Å². The van der Waals surface area contributed by atoms with Gasteiger partial charge in [0.05, 0.1) is 30.5 Å². The lowest BCUT2D eigenvalue weighted by Crippen LogP contribution is -2.56. The molecule has 2 saturated heterocycles. The predicted molar refractivity (Wildman–Crippen MR) is 157 cm³/mol. The van der Waals surface area contributed by atoms with Crippen LogP contribution in [-0.4, -0.2) is 77.2 Å². The molecule has 0 radical (unpaired) electrons. The Bertz CT molecular complexity index is 1040. The Hall–Kier alpha value is -0.240. The van der Waals surface area contributed by atoms with Gasteiger partial charge in [0.25, 0.3) is 0 Å². The highest BCUT2D eigenvalue weighted by molar-refractivity contribution is 5.29. The second-order valence-corrected chi connectivity index (χ2v) is 17.6. The van der Waals surface area contributed by atoms with Crippen molar-refractivity contribution in [2.75, 3.05) is 19.7 Å². The third-order valence-corrected chi connectivity index (χ3v) is 15.1. The van der Waals surface area contributed by atoms with Crippen LogP contribution in [0.1, 0.15) is 112 Å². The first-order valence-corrected chi connectivity index (χ1v) is 17.5. The maximum Gasteiger partial charge on any atom is 0.170 e. The highest BCUT2D eigenvalue weighted by Gasteiger charge is 2.80. The van der Waals surface area contributed by atoms with Crippen molar-refractivity contribution in [3.05, 3.63) is 0 Å². The van der Waals surface area contributed by atoms with Crippen LogP contribution in [0.5, 0.6) is 0 Å². The van der Waals surface area contributed by atoms with Crippen molar-refractivity contribution < 1.29 is 24.4 Å². The summed E-state index contributed by atoms with van der Waals surface area (Å²) in [6.45, 7) is 13.9. The minimum atomic E-state index is -1.12. The summed E-state index contributed by atoms with van der Waals surface area (Å²) in [6, 6.07) is 0.786. The van der Waals surface area contributed by atoms with Crippen molar-refractivity contribution in [2.24, 2.45) is 45.3 Å². The van der Waals surface area contributed by atoms with Crippen LogP contribution in [0.3, 0.4) is 0 Å². The largest absolute Gasteiger partial charge is 0.388 e. The molecule has 12 atom stereocenters. The van der Waals surface area contributed by atoms with Gasteiger partial charge in [0.1, 0.15) is 6.10 Å². The lowest BCUT2D eigenvalue weighted by Gasteiger charge is -2.60. The summed E-state index contributed by atoms with van der Waals surface area (Å²) in [4.78, 5) is 2.61. The van der Waals surface area contributed by atoms with Gasteiger partial charge in [0, 0.05) is 19.1 Å². The Morgan fingerprint density at radius 2 is 1.68 bits per heavy atom. The molecule has 0 aromatic rings. The van der Waals surface area contributed by atoms with Crippen LogP contribution >= 0.6 is 0 Å². The SMILES string of the molecule is CC12CC[C@@]34CC35CC[C@H](OC3CN(C6CC6)CCO3)C(C)(C)C5CCC4C1CC1OC([C@H](O)C(C)(C)O)CCC12. The van der Waals surface area contributed by atoms with Crippen LogP contribution in [-0.2, 0) is 14.2 Å². The first-order chi connectivity index (χ1) is 19.4. The fraction of sp³-hybridized carbons (Fsp3) is 1.00. The molecule has 0 aromatic heterocycles. The normalized spacial score (nSPS) is 53.3. The number of fused-ring (bicyclic) bond motifs is 4. The number of ether oxygens (including phenoxy) is 3. The zero-order valence-electron chi connectivity index (χ0n) is 26.4. The fourth-order valence-corrected chi connectivity index (χ4v) is 12.9. The van der Waals surface area contributed by atoms with E-state index in [0.29, 0.717) is 28.3 Å². The van der Waals surface area contributed by atoms with Crippen LogP contribution in [0.4, 0.5) is 0 Å². The molecule has 232 valence electrons. The van der Waals surface area contributed by atoms with E-state index in [1.807, 2.05) is 0 Å². The Balaban J connectivity index is 0.981. The smallest absolute Gasteiger partial charge is 0.170 e. The number of hydrogen-bond donors (Lipinski definition) is 2. The molecule has 2 heterocycles. The highest BCUT2D eigenvalue weighted by Crippen LogP contribution is 2.87. The van der Waals surface area contributed by atoms with Gasteiger partial charge in [0.2, 0.25) is 0 Å². The molecule has 2 spiro atoms. The van der Waals surface area contributed by atoms with Crippen molar-refractivity contribution in [3.63, 3.8) is 0 Å². The average molecular weight is 572 g/mol. The molecule has 6 nitrogen and oxygen atoms in total. The number of nitrogens with zero attached hydrogens (tertiary/aromatic N) is 1. The molecule has 8 rings (SSSR count). The lowest BCUT2D eigenvalue weighted by molar-refractivity contribution is -0.245. The van der Waals surface area contributed by atoms with E-state index in [9.17, 15) is 10.2 Å². The van der Waals surface area contributed by atoms with Gasteiger partial charge in [-0.15, -0.1) is 0 Å². The predicted octanol–water partition coefficient (Wildman–Crippen LogP) is 5.53. The van der Waals surface area contributed by atoms with Gasteiger partial charge < -0.3 is 24.4 Å². The van der Waals surface area contributed by atoms with Crippen LogP contribution in [0.15, 0.2) is 0 Å². The van der Waals surface area contributed by atoms with Crippen LogP contribution in [0.25, 0.3) is 0 Å². The van der Waals surface area contributed by atoms with E-state index >= 15 is 0 Å². The molecule has 6 heteroatoms. The molecular formula is C35H57NO5. The van der Waals surface area contributed by atoms with Gasteiger partial charge in [-0.2, -0.15) is 0 Å². The van der Waals surface area contributed by atoms with E-state index in [1.54, 1.807) is 13.8 Å². The summed E-state index contributed by atoms with van der Waals surface area (Å²) in [5.41, 5.74) is 0.480. The third kappa shape index (κ3) is 4.02. The molecule has 6 saturated carbocycles. The Morgan fingerprint density at radius 1 is 0.902 bits per heavy atom. The van der Waals surface area contributed by atoms with E-state index in [4.69, 9.17) is 14.2 Å². The first kappa shape index (κ1) is 28.2. The molecule has 2 N–H and O–H groups in total. The van der Waals surface area contributed by atoms with Crippen molar-refractivity contribution >= 4 is 0 Å². The first-order valence-electron chi connectivity index (χ1n) is 17.5. The summed E-state index contributed by atoms with van der Waals surface area (Å²) in [7, 11) is 0.